The molecule has 0 saturated carbocycles. The van der Waals surface area contributed by atoms with Gasteiger partial charge in [0.2, 0.25) is 0 Å². The minimum atomic E-state index is -0.531. The van der Waals surface area contributed by atoms with Crippen LogP contribution >= 0.6 is 0 Å². The fourth-order valence-corrected chi connectivity index (χ4v) is 5.16. The lowest BCUT2D eigenvalue weighted by molar-refractivity contribution is -0.116. The van der Waals surface area contributed by atoms with E-state index < -0.39 is 5.92 Å². The molecule has 0 bridgehead atoms. The number of anilines is 1. The van der Waals surface area contributed by atoms with Crippen molar-refractivity contribution in [3.63, 3.8) is 0 Å². The van der Waals surface area contributed by atoms with Crippen molar-refractivity contribution in [1.82, 2.24) is 5.32 Å². The number of halogens is 1. The summed E-state index contributed by atoms with van der Waals surface area (Å²) in [6, 6.07) is 23.1. The van der Waals surface area contributed by atoms with E-state index in [0.717, 1.165) is 16.8 Å². The monoisotopic (exact) mass is 482 g/mol. The summed E-state index contributed by atoms with van der Waals surface area (Å²) < 4.78 is 18.7. The lowest BCUT2D eigenvalue weighted by Gasteiger charge is -2.37. The topological polar surface area (TPSA) is 67.4 Å². The number of nitrogens with one attached hydrogen (secondary N) is 2. The number of ketones is 1. The predicted octanol–water partition coefficient (Wildman–Crippen LogP) is 5.83. The van der Waals surface area contributed by atoms with E-state index in [4.69, 9.17) is 4.74 Å². The van der Waals surface area contributed by atoms with Gasteiger partial charge in [0.15, 0.2) is 5.78 Å². The van der Waals surface area contributed by atoms with E-state index in [1.54, 1.807) is 7.11 Å². The number of dihydropyridines is 1. The first kappa shape index (κ1) is 23.5. The van der Waals surface area contributed by atoms with Crippen LogP contribution in [0.3, 0.4) is 0 Å². The van der Waals surface area contributed by atoms with Crippen molar-refractivity contribution in [3.8, 4) is 5.75 Å². The van der Waals surface area contributed by atoms with E-state index in [1.807, 2.05) is 49.4 Å². The molecule has 0 radical (unpaired) electrons. The van der Waals surface area contributed by atoms with Crippen LogP contribution in [0.1, 0.15) is 42.7 Å². The molecule has 2 atom stereocenters. The summed E-state index contributed by atoms with van der Waals surface area (Å²) in [5, 5.41) is 6.26. The van der Waals surface area contributed by atoms with Crippen molar-refractivity contribution < 1.29 is 18.7 Å². The molecule has 1 aliphatic carbocycles. The summed E-state index contributed by atoms with van der Waals surface area (Å²) >= 11 is 0. The normalized spacial score (nSPS) is 19.5. The predicted molar refractivity (Wildman–Crippen MR) is 137 cm³/mol. The Balaban J connectivity index is 1.55. The lowest BCUT2D eigenvalue weighted by atomic mass is 9.71. The SMILES string of the molecule is COc1ccc([C@H]2C(C(=O)Nc3ccc(F)cc3)=C(C)NC3=C2C(=O)C[C@H](c2ccccc2)C3)cc1. The second-order valence-electron chi connectivity index (χ2n) is 9.16. The fraction of sp³-hybridized carbons (Fsp3) is 0.200. The van der Waals surface area contributed by atoms with Gasteiger partial charge in [0.25, 0.3) is 5.91 Å². The van der Waals surface area contributed by atoms with E-state index in [0.29, 0.717) is 41.1 Å². The highest BCUT2D eigenvalue weighted by Crippen LogP contribution is 2.45. The molecular formula is C30H27FN2O3. The van der Waals surface area contributed by atoms with Crippen LogP contribution in [-0.4, -0.2) is 18.8 Å². The van der Waals surface area contributed by atoms with Gasteiger partial charge in [0.1, 0.15) is 11.6 Å². The second-order valence-corrected chi connectivity index (χ2v) is 9.16. The molecule has 1 aliphatic heterocycles. The molecule has 182 valence electrons. The molecule has 5 rings (SSSR count). The largest absolute Gasteiger partial charge is 0.497 e. The summed E-state index contributed by atoms with van der Waals surface area (Å²) in [5.74, 6) is -0.455. The van der Waals surface area contributed by atoms with E-state index in [2.05, 4.69) is 22.8 Å². The Labute approximate surface area is 209 Å². The third-order valence-electron chi connectivity index (χ3n) is 6.89. The summed E-state index contributed by atoms with van der Waals surface area (Å²) in [7, 11) is 1.60. The summed E-state index contributed by atoms with van der Waals surface area (Å²) in [4.78, 5) is 27.2. The maximum Gasteiger partial charge on any atom is 0.254 e. The molecule has 3 aromatic rings. The van der Waals surface area contributed by atoms with Crippen LogP contribution in [0.2, 0.25) is 0 Å². The zero-order valence-corrected chi connectivity index (χ0v) is 20.2. The smallest absolute Gasteiger partial charge is 0.254 e. The van der Waals surface area contributed by atoms with Crippen molar-refractivity contribution in [2.24, 2.45) is 0 Å². The minimum Gasteiger partial charge on any atom is -0.497 e. The van der Waals surface area contributed by atoms with E-state index in [9.17, 15) is 14.0 Å². The van der Waals surface area contributed by atoms with Crippen LogP contribution in [-0.2, 0) is 9.59 Å². The fourth-order valence-electron chi connectivity index (χ4n) is 5.16. The Morgan fingerprint density at radius 3 is 2.31 bits per heavy atom. The number of carbonyl (C=O) groups excluding carboxylic acids is 2. The molecule has 1 heterocycles. The Kier molecular flexibility index (Phi) is 6.42. The molecule has 2 N–H and O–H groups in total. The summed E-state index contributed by atoms with van der Waals surface area (Å²) in [6.45, 7) is 1.86. The number of methoxy groups -OCH3 is 1. The van der Waals surface area contributed by atoms with Crippen LogP contribution in [0.5, 0.6) is 5.75 Å². The Morgan fingerprint density at radius 2 is 1.64 bits per heavy atom. The van der Waals surface area contributed by atoms with Crippen LogP contribution in [0.15, 0.2) is 101 Å². The highest BCUT2D eigenvalue weighted by molar-refractivity contribution is 6.10. The van der Waals surface area contributed by atoms with Gasteiger partial charge in [-0.3, -0.25) is 9.59 Å². The zero-order chi connectivity index (χ0) is 25.2. The average molecular weight is 483 g/mol. The van der Waals surface area contributed by atoms with Gasteiger partial charge >= 0.3 is 0 Å². The van der Waals surface area contributed by atoms with Crippen molar-refractivity contribution in [1.29, 1.82) is 0 Å². The van der Waals surface area contributed by atoms with Gasteiger partial charge < -0.3 is 15.4 Å². The van der Waals surface area contributed by atoms with Gasteiger partial charge in [-0.1, -0.05) is 42.5 Å². The molecule has 36 heavy (non-hydrogen) atoms. The van der Waals surface area contributed by atoms with Crippen LogP contribution < -0.4 is 15.4 Å². The first-order chi connectivity index (χ1) is 17.4. The van der Waals surface area contributed by atoms with Crippen LogP contribution in [0, 0.1) is 5.82 Å². The second kappa shape index (κ2) is 9.82. The maximum atomic E-state index is 13.7. The number of hydrogen-bond donors (Lipinski definition) is 2. The number of ether oxygens (including phenoxy) is 1. The highest BCUT2D eigenvalue weighted by atomic mass is 19.1. The summed E-state index contributed by atoms with van der Waals surface area (Å²) in [6.07, 6.45) is 1.06. The standard InChI is InChI=1S/C30H27FN2O3/c1-18-27(30(35)33-23-12-10-22(31)11-13-23)28(20-8-14-24(36-2)15-9-20)29-25(32-18)16-21(17-26(29)34)19-6-4-3-5-7-19/h3-15,21,28,32H,16-17H2,1-2H3,(H,33,35)/t21-,28+/m1/s1. The number of allylic oxidation sites excluding steroid dienone is 3. The number of rotatable bonds is 5. The van der Waals surface area contributed by atoms with E-state index in [1.165, 1.54) is 24.3 Å². The molecule has 0 unspecified atom stereocenters. The Morgan fingerprint density at radius 1 is 0.944 bits per heavy atom. The van der Waals surface area contributed by atoms with Gasteiger partial charge in [-0.25, -0.2) is 4.39 Å². The zero-order valence-electron chi connectivity index (χ0n) is 20.2. The van der Waals surface area contributed by atoms with Crippen molar-refractivity contribution >= 4 is 17.4 Å². The van der Waals surface area contributed by atoms with E-state index in [-0.39, 0.29) is 23.4 Å². The molecular weight excluding hydrogens is 455 g/mol. The number of carbonyl (C=O) groups is 2. The third-order valence-corrected chi connectivity index (χ3v) is 6.89. The first-order valence-electron chi connectivity index (χ1n) is 11.9. The molecule has 5 nitrogen and oxygen atoms in total. The van der Waals surface area contributed by atoms with Gasteiger partial charge in [0.05, 0.1) is 7.11 Å². The molecule has 3 aromatic carbocycles. The quantitative estimate of drug-likeness (QED) is 0.480. The van der Waals surface area contributed by atoms with Crippen molar-refractivity contribution in [2.45, 2.75) is 31.6 Å². The van der Waals surface area contributed by atoms with Gasteiger partial charge in [0, 0.05) is 40.6 Å². The molecule has 0 spiro atoms. The van der Waals surface area contributed by atoms with Gasteiger partial charge in [-0.15, -0.1) is 0 Å². The molecule has 1 amide bonds. The Bertz CT molecular complexity index is 1360. The third kappa shape index (κ3) is 4.54. The molecule has 0 fully saturated rings. The molecule has 0 saturated heterocycles. The molecule has 2 aliphatic rings. The van der Waals surface area contributed by atoms with Crippen LogP contribution in [0.25, 0.3) is 0 Å². The van der Waals surface area contributed by atoms with Crippen molar-refractivity contribution in [3.05, 3.63) is 118 Å². The maximum absolute atomic E-state index is 13.7. The molecule has 0 aromatic heterocycles. The Hall–Kier alpha value is -4.19. The van der Waals surface area contributed by atoms with Gasteiger partial charge in [-0.05, 0) is 66.8 Å². The lowest BCUT2D eigenvalue weighted by Crippen LogP contribution is -2.37. The van der Waals surface area contributed by atoms with E-state index >= 15 is 0 Å². The number of Topliss-reactive ketones (excluding diaryl/α,β-unsaturated/α-hetero) is 1. The molecule has 6 heteroatoms. The number of benzene rings is 3. The van der Waals surface area contributed by atoms with Crippen molar-refractivity contribution in [2.75, 3.05) is 12.4 Å². The summed E-state index contributed by atoms with van der Waals surface area (Å²) in [5.41, 5.74) is 5.08. The number of hydrogen-bond acceptors (Lipinski definition) is 4. The average Bonchev–Trinajstić information content (AvgIpc) is 2.89. The minimum absolute atomic E-state index is 0.0259. The van der Waals surface area contributed by atoms with Gasteiger partial charge in [-0.2, -0.15) is 0 Å². The first-order valence-corrected chi connectivity index (χ1v) is 11.9. The van der Waals surface area contributed by atoms with Crippen LogP contribution in [0.4, 0.5) is 10.1 Å². The highest BCUT2D eigenvalue weighted by Gasteiger charge is 2.40. The number of amides is 1.